The number of carbonyl (C=O) groups is 2. The van der Waals surface area contributed by atoms with Gasteiger partial charge < -0.3 is 14.8 Å². The average molecular weight is 332 g/mol. The summed E-state index contributed by atoms with van der Waals surface area (Å²) in [6.45, 7) is 2.22. The number of H-pyrrole nitrogens is 1. The van der Waals surface area contributed by atoms with Gasteiger partial charge in [-0.1, -0.05) is 17.7 Å². The Morgan fingerprint density at radius 1 is 1.09 bits per heavy atom. The van der Waals surface area contributed by atoms with Crippen molar-refractivity contribution in [2.45, 2.75) is 6.42 Å². The van der Waals surface area contributed by atoms with E-state index in [1.807, 2.05) is 23.4 Å². The third-order valence-corrected chi connectivity index (χ3v) is 4.24. The molecule has 120 valence electrons. The Labute approximate surface area is 139 Å². The zero-order valence-corrected chi connectivity index (χ0v) is 13.4. The van der Waals surface area contributed by atoms with Gasteiger partial charge in [-0.3, -0.25) is 9.59 Å². The quantitative estimate of drug-likeness (QED) is 0.937. The van der Waals surface area contributed by atoms with Crippen molar-refractivity contribution in [2.75, 3.05) is 26.2 Å². The van der Waals surface area contributed by atoms with Gasteiger partial charge in [0.05, 0.1) is 6.42 Å². The van der Waals surface area contributed by atoms with Crippen LogP contribution in [0.4, 0.5) is 0 Å². The van der Waals surface area contributed by atoms with E-state index in [0.29, 0.717) is 43.2 Å². The van der Waals surface area contributed by atoms with Gasteiger partial charge in [-0.25, -0.2) is 0 Å². The lowest BCUT2D eigenvalue weighted by Crippen LogP contribution is -2.51. The SMILES string of the molecule is O=C(Cc1cc[nH]c1)N1CCN(C(=O)c2cccc(Cl)c2)CC1. The first kappa shape index (κ1) is 15.6. The number of halogens is 1. The number of piperazine rings is 1. The summed E-state index contributed by atoms with van der Waals surface area (Å²) in [5, 5.41) is 0.552. The van der Waals surface area contributed by atoms with E-state index in [0.717, 1.165) is 5.56 Å². The molecule has 6 heteroatoms. The maximum absolute atomic E-state index is 12.4. The number of nitrogens with zero attached hydrogens (tertiary/aromatic N) is 2. The predicted octanol–water partition coefficient (Wildman–Crippen LogP) is 2.20. The molecule has 0 bridgehead atoms. The van der Waals surface area contributed by atoms with Crippen molar-refractivity contribution in [3.63, 3.8) is 0 Å². The van der Waals surface area contributed by atoms with E-state index in [-0.39, 0.29) is 11.8 Å². The van der Waals surface area contributed by atoms with Crippen LogP contribution in [0.2, 0.25) is 5.02 Å². The van der Waals surface area contributed by atoms with Crippen LogP contribution in [-0.2, 0) is 11.2 Å². The van der Waals surface area contributed by atoms with Gasteiger partial charge in [0.1, 0.15) is 0 Å². The summed E-state index contributed by atoms with van der Waals surface area (Å²) in [6, 6.07) is 8.85. The van der Waals surface area contributed by atoms with Crippen LogP contribution in [0.5, 0.6) is 0 Å². The van der Waals surface area contributed by atoms with Crippen LogP contribution in [0.1, 0.15) is 15.9 Å². The fourth-order valence-corrected chi connectivity index (χ4v) is 2.91. The second-order valence-electron chi connectivity index (χ2n) is 5.58. The maximum atomic E-state index is 12.4. The van der Waals surface area contributed by atoms with Crippen LogP contribution in [0.25, 0.3) is 0 Å². The number of benzene rings is 1. The smallest absolute Gasteiger partial charge is 0.254 e. The van der Waals surface area contributed by atoms with Gasteiger partial charge in [0.2, 0.25) is 5.91 Å². The van der Waals surface area contributed by atoms with Gasteiger partial charge >= 0.3 is 0 Å². The molecule has 23 heavy (non-hydrogen) atoms. The van der Waals surface area contributed by atoms with Gasteiger partial charge in [0.15, 0.2) is 0 Å². The summed E-state index contributed by atoms with van der Waals surface area (Å²) >= 11 is 5.93. The zero-order valence-electron chi connectivity index (χ0n) is 12.7. The minimum atomic E-state index is -0.0368. The Kier molecular flexibility index (Phi) is 4.67. The molecular weight excluding hydrogens is 314 g/mol. The third-order valence-electron chi connectivity index (χ3n) is 4.01. The standard InChI is InChI=1S/C17H18ClN3O2/c18-15-3-1-2-14(11-15)17(23)21-8-6-20(7-9-21)16(22)10-13-4-5-19-12-13/h1-5,11-12,19H,6-10H2. The Bertz CT molecular complexity index is 692. The number of aromatic nitrogens is 1. The van der Waals surface area contributed by atoms with Crippen LogP contribution in [0.15, 0.2) is 42.7 Å². The van der Waals surface area contributed by atoms with Crippen LogP contribution in [0, 0.1) is 0 Å². The first-order valence-corrected chi connectivity index (χ1v) is 7.95. The van der Waals surface area contributed by atoms with Crippen molar-refractivity contribution in [3.05, 3.63) is 58.9 Å². The number of hydrogen-bond donors (Lipinski definition) is 1. The lowest BCUT2D eigenvalue weighted by atomic mass is 10.1. The highest BCUT2D eigenvalue weighted by atomic mass is 35.5. The lowest BCUT2D eigenvalue weighted by Gasteiger charge is -2.34. The van der Waals surface area contributed by atoms with Crippen LogP contribution in [0.3, 0.4) is 0 Å². The van der Waals surface area contributed by atoms with Crippen LogP contribution < -0.4 is 0 Å². The van der Waals surface area contributed by atoms with Crippen LogP contribution >= 0.6 is 11.6 Å². The van der Waals surface area contributed by atoms with Crippen molar-refractivity contribution in [1.82, 2.24) is 14.8 Å². The molecular formula is C17H18ClN3O2. The second-order valence-corrected chi connectivity index (χ2v) is 6.02. The van der Waals surface area contributed by atoms with Gasteiger partial charge in [0.25, 0.3) is 5.91 Å². The highest BCUT2D eigenvalue weighted by Crippen LogP contribution is 2.14. The molecule has 0 aliphatic carbocycles. The molecule has 2 heterocycles. The van der Waals surface area contributed by atoms with E-state index in [2.05, 4.69) is 4.98 Å². The van der Waals surface area contributed by atoms with E-state index < -0.39 is 0 Å². The van der Waals surface area contributed by atoms with Crippen molar-refractivity contribution >= 4 is 23.4 Å². The molecule has 5 nitrogen and oxygen atoms in total. The molecule has 1 aromatic carbocycles. The van der Waals surface area contributed by atoms with Crippen molar-refractivity contribution in [2.24, 2.45) is 0 Å². The maximum Gasteiger partial charge on any atom is 0.254 e. The molecule has 1 fully saturated rings. The number of nitrogens with one attached hydrogen (secondary N) is 1. The molecule has 1 aromatic heterocycles. The molecule has 1 N–H and O–H groups in total. The molecule has 2 amide bonds. The fraction of sp³-hybridized carbons (Fsp3) is 0.294. The van der Waals surface area contributed by atoms with Crippen molar-refractivity contribution in [3.8, 4) is 0 Å². The number of rotatable bonds is 3. The number of amides is 2. The fourth-order valence-electron chi connectivity index (χ4n) is 2.72. The summed E-state index contributed by atoms with van der Waals surface area (Å²) < 4.78 is 0. The topological polar surface area (TPSA) is 56.4 Å². The second kappa shape index (κ2) is 6.87. The Balaban J connectivity index is 1.55. The first-order valence-electron chi connectivity index (χ1n) is 7.58. The van der Waals surface area contributed by atoms with E-state index in [1.54, 1.807) is 29.2 Å². The summed E-state index contributed by atoms with van der Waals surface area (Å²) in [5.41, 5.74) is 1.57. The number of aromatic amines is 1. The molecule has 0 atom stereocenters. The highest BCUT2D eigenvalue weighted by molar-refractivity contribution is 6.30. The molecule has 0 radical (unpaired) electrons. The molecule has 0 unspecified atom stereocenters. The Morgan fingerprint density at radius 3 is 2.48 bits per heavy atom. The van der Waals surface area contributed by atoms with Gasteiger partial charge in [-0.2, -0.15) is 0 Å². The van der Waals surface area contributed by atoms with E-state index >= 15 is 0 Å². The van der Waals surface area contributed by atoms with Gasteiger partial charge in [0, 0.05) is 49.2 Å². The molecule has 1 aliphatic rings. The van der Waals surface area contributed by atoms with Crippen molar-refractivity contribution < 1.29 is 9.59 Å². The zero-order chi connectivity index (χ0) is 16.2. The highest BCUT2D eigenvalue weighted by Gasteiger charge is 2.24. The molecule has 0 saturated carbocycles. The third kappa shape index (κ3) is 3.74. The minimum absolute atomic E-state index is 0.0368. The van der Waals surface area contributed by atoms with E-state index in [4.69, 9.17) is 11.6 Å². The van der Waals surface area contributed by atoms with E-state index in [9.17, 15) is 9.59 Å². The summed E-state index contributed by atoms with van der Waals surface area (Å²) in [4.78, 5) is 31.2. The van der Waals surface area contributed by atoms with E-state index in [1.165, 1.54) is 0 Å². The van der Waals surface area contributed by atoms with Crippen LogP contribution in [-0.4, -0.2) is 52.8 Å². The monoisotopic (exact) mass is 331 g/mol. The lowest BCUT2D eigenvalue weighted by molar-refractivity contribution is -0.131. The predicted molar refractivity (Wildman–Crippen MR) is 88.4 cm³/mol. The Morgan fingerprint density at radius 2 is 1.83 bits per heavy atom. The molecule has 1 aliphatic heterocycles. The Hall–Kier alpha value is -2.27. The molecule has 1 saturated heterocycles. The summed E-state index contributed by atoms with van der Waals surface area (Å²) in [6.07, 6.45) is 4.03. The number of carbonyl (C=O) groups excluding carboxylic acids is 2. The average Bonchev–Trinajstić information content (AvgIpc) is 3.07. The molecule has 3 rings (SSSR count). The van der Waals surface area contributed by atoms with Crippen molar-refractivity contribution in [1.29, 1.82) is 0 Å². The van der Waals surface area contributed by atoms with Gasteiger partial charge in [-0.15, -0.1) is 0 Å². The normalized spacial score (nSPS) is 14.8. The number of hydrogen-bond acceptors (Lipinski definition) is 2. The van der Waals surface area contributed by atoms with Gasteiger partial charge in [-0.05, 0) is 29.8 Å². The minimum Gasteiger partial charge on any atom is -0.367 e. The summed E-state index contributed by atoms with van der Waals surface area (Å²) in [7, 11) is 0. The molecule has 0 spiro atoms. The largest absolute Gasteiger partial charge is 0.367 e. The summed E-state index contributed by atoms with van der Waals surface area (Å²) in [5.74, 6) is 0.0599. The first-order chi connectivity index (χ1) is 11.1. The molecule has 2 aromatic rings.